The zero-order valence-electron chi connectivity index (χ0n) is 36.8. The van der Waals surface area contributed by atoms with Crippen molar-refractivity contribution in [1.82, 2.24) is 0 Å². The predicted molar refractivity (Wildman–Crippen MR) is 229 cm³/mol. The molecule has 0 amide bonds. The highest BCUT2D eigenvalue weighted by molar-refractivity contribution is 5.71. The zero-order valence-corrected chi connectivity index (χ0v) is 36.8. The van der Waals surface area contributed by atoms with E-state index < -0.39 is 6.10 Å². The van der Waals surface area contributed by atoms with Crippen LogP contribution in [0.25, 0.3) is 0 Å². The van der Waals surface area contributed by atoms with Crippen molar-refractivity contribution >= 4 is 17.9 Å². The maximum Gasteiger partial charge on any atom is 0.306 e. The van der Waals surface area contributed by atoms with Crippen LogP contribution in [0.3, 0.4) is 0 Å². The maximum absolute atomic E-state index is 12.7. The van der Waals surface area contributed by atoms with Crippen molar-refractivity contribution in [3.05, 3.63) is 0 Å². The minimum absolute atomic E-state index is 0.0654. The van der Waals surface area contributed by atoms with Gasteiger partial charge in [-0.25, -0.2) is 0 Å². The van der Waals surface area contributed by atoms with Gasteiger partial charge in [-0.2, -0.15) is 0 Å². The Morgan fingerprint density at radius 2 is 0.704 bits per heavy atom. The van der Waals surface area contributed by atoms with Crippen molar-refractivity contribution in [3.63, 3.8) is 0 Å². The lowest BCUT2D eigenvalue weighted by Gasteiger charge is -2.18. The molecule has 0 saturated heterocycles. The Bertz CT molecular complexity index is 826. The first kappa shape index (κ1) is 52.4. The van der Waals surface area contributed by atoms with Crippen LogP contribution in [0, 0.1) is 11.8 Å². The number of ether oxygens (including phenoxy) is 3. The Kier molecular flexibility index (Phi) is 39.8. The van der Waals surface area contributed by atoms with E-state index in [0.717, 1.165) is 69.6 Å². The van der Waals surface area contributed by atoms with Crippen LogP contribution in [0.2, 0.25) is 0 Å². The molecule has 54 heavy (non-hydrogen) atoms. The molecule has 0 aromatic heterocycles. The van der Waals surface area contributed by atoms with Crippen LogP contribution in [0.1, 0.15) is 259 Å². The van der Waals surface area contributed by atoms with E-state index in [1.54, 1.807) is 0 Å². The number of hydrogen-bond acceptors (Lipinski definition) is 6. The highest BCUT2D eigenvalue weighted by Gasteiger charge is 2.19. The summed E-state index contributed by atoms with van der Waals surface area (Å²) in [6.07, 6.45) is 39.6. The van der Waals surface area contributed by atoms with Crippen molar-refractivity contribution in [3.8, 4) is 0 Å². The summed E-state index contributed by atoms with van der Waals surface area (Å²) in [5, 5.41) is 0. The second kappa shape index (κ2) is 41.1. The lowest BCUT2D eigenvalue weighted by Crippen LogP contribution is -2.30. The molecule has 0 heterocycles. The van der Waals surface area contributed by atoms with E-state index in [-0.39, 0.29) is 31.1 Å². The topological polar surface area (TPSA) is 78.9 Å². The number of esters is 3. The standard InChI is InChI=1S/C48H92O6/c1-6-8-9-10-21-28-33-38-46(49)52-41-45(42-53-47(50)39-34-29-24-20-19-22-26-31-36-43(3)4)54-48(51)40-35-30-25-18-16-14-12-11-13-15-17-23-27-32-37-44(5)7-2/h43-45H,6-42H2,1-5H3/t44?,45-/m1/s1. The summed E-state index contributed by atoms with van der Waals surface area (Å²) in [4.78, 5) is 37.6. The van der Waals surface area contributed by atoms with E-state index in [2.05, 4.69) is 34.6 Å². The van der Waals surface area contributed by atoms with Gasteiger partial charge in [0.15, 0.2) is 6.10 Å². The molecule has 0 aliphatic heterocycles. The molecule has 0 bridgehead atoms. The Balaban J connectivity index is 4.22. The van der Waals surface area contributed by atoms with E-state index in [1.807, 2.05) is 0 Å². The van der Waals surface area contributed by atoms with Crippen LogP contribution in [0.15, 0.2) is 0 Å². The van der Waals surface area contributed by atoms with Crippen LogP contribution in [0.4, 0.5) is 0 Å². The average molecular weight is 765 g/mol. The molecule has 0 N–H and O–H groups in total. The van der Waals surface area contributed by atoms with Gasteiger partial charge >= 0.3 is 17.9 Å². The van der Waals surface area contributed by atoms with Gasteiger partial charge in [0.25, 0.3) is 0 Å². The fourth-order valence-electron chi connectivity index (χ4n) is 7.07. The fraction of sp³-hybridized carbons (Fsp3) is 0.938. The molecule has 0 aliphatic carbocycles. The Morgan fingerprint density at radius 3 is 1.06 bits per heavy atom. The smallest absolute Gasteiger partial charge is 0.306 e. The van der Waals surface area contributed by atoms with Crippen molar-refractivity contribution in [2.24, 2.45) is 11.8 Å². The highest BCUT2D eigenvalue weighted by atomic mass is 16.6. The highest BCUT2D eigenvalue weighted by Crippen LogP contribution is 2.17. The molecule has 6 heteroatoms. The second-order valence-corrected chi connectivity index (χ2v) is 17.1. The van der Waals surface area contributed by atoms with Gasteiger partial charge in [-0.1, -0.05) is 221 Å². The van der Waals surface area contributed by atoms with Crippen LogP contribution < -0.4 is 0 Å². The fourth-order valence-corrected chi connectivity index (χ4v) is 7.07. The van der Waals surface area contributed by atoms with Crippen LogP contribution in [0.5, 0.6) is 0 Å². The first-order valence-corrected chi connectivity index (χ1v) is 23.8. The Morgan fingerprint density at radius 1 is 0.389 bits per heavy atom. The van der Waals surface area contributed by atoms with Gasteiger partial charge < -0.3 is 14.2 Å². The summed E-state index contributed by atoms with van der Waals surface area (Å²) in [6, 6.07) is 0. The van der Waals surface area contributed by atoms with Gasteiger partial charge in [-0.05, 0) is 31.1 Å². The SMILES string of the molecule is CCCCCCCCCC(=O)OC[C@H](COC(=O)CCCCCCCCCCC(C)C)OC(=O)CCCCCCCCCCCCCCCCC(C)CC. The molecular weight excluding hydrogens is 673 g/mol. The average Bonchev–Trinajstić information content (AvgIpc) is 3.15. The molecule has 0 aliphatic rings. The summed E-state index contributed by atoms with van der Waals surface area (Å²) < 4.78 is 16.7. The van der Waals surface area contributed by atoms with Gasteiger partial charge in [0.05, 0.1) is 0 Å². The van der Waals surface area contributed by atoms with E-state index >= 15 is 0 Å². The number of carbonyl (C=O) groups excluding carboxylic acids is 3. The molecule has 1 unspecified atom stereocenters. The van der Waals surface area contributed by atoms with Crippen molar-refractivity contribution < 1.29 is 28.6 Å². The summed E-state index contributed by atoms with van der Waals surface area (Å²) >= 11 is 0. The van der Waals surface area contributed by atoms with Gasteiger partial charge in [0.2, 0.25) is 0 Å². The molecule has 6 nitrogen and oxygen atoms in total. The van der Waals surface area contributed by atoms with Gasteiger partial charge in [0, 0.05) is 19.3 Å². The Hall–Kier alpha value is -1.59. The number of hydrogen-bond donors (Lipinski definition) is 0. The number of unbranched alkanes of at least 4 members (excludes halogenated alkanes) is 26. The molecule has 0 fully saturated rings. The predicted octanol–water partition coefficient (Wildman–Crippen LogP) is 15.0. The summed E-state index contributed by atoms with van der Waals surface area (Å²) in [5.41, 5.74) is 0. The summed E-state index contributed by atoms with van der Waals surface area (Å²) in [7, 11) is 0. The number of carbonyl (C=O) groups is 3. The van der Waals surface area contributed by atoms with Crippen molar-refractivity contribution in [2.45, 2.75) is 265 Å². The van der Waals surface area contributed by atoms with Gasteiger partial charge in [0.1, 0.15) is 13.2 Å². The van der Waals surface area contributed by atoms with E-state index in [1.165, 1.54) is 148 Å². The van der Waals surface area contributed by atoms with E-state index in [0.29, 0.717) is 19.3 Å². The molecule has 320 valence electrons. The first-order valence-electron chi connectivity index (χ1n) is 23.8. The van der Waals surface area contributed by atoms with Gasteiger partial charge in [-0.15, -0.1) is 0 Å². The molecule has 0 spiro atoms. The second-order valence-electron chi connectivity index (χ2n) is 17.1. The molecular formula is C48H92O6. The van der Waals surface area contributed by atoms with Crippen LogP contribution in [-0.2, 0) is 28.6 Å². The third-order valence-corrected chi connectivity index (χ3v) is 11.1. The Labute approximate surface area is 336 Å². The molecule has 0 aromatic carbocycles. The first-order chi connectivity index (χ1) is 26.3. The summed E-state index contributed by atoms with van der Waals surface area (Å²) in [5.74, 6) is 0.829. The molecule has 0 rings (SSSR count). The molecule has 0 radical (unpaired) electrons. The number of rotatable bonds is 42. The monoisotopic (exact) mass is 765 g/mol. The third-order valence-electron chi connectivity index (χ3n) is 11.1. The third kappa shape index (κ3) is 40.1. The lowest BCUT2D eigenvalue weighted by atomic mass is 9.99. The minimum Gasteiger partial charge on any atom is -0.462 e. The lowest BCUT2D eigenvalue weighted by molar-refractivity contribution is -0.167. The minimum atomic E-state index is -0.759. The molecule has 2 atom stereocenters. The summed E-state index contributed by atoms with van der Waals surface area (Å²) in [6.45, 7) is 11.3. The molecule has 0 aromatic rings. The van der Waals surface area contributed by atoms with Crippen LogP contribution in [-0.4, -0.2) is 37.2 Å². The van der Waals surface area contributed by atoms with Crippen molar-refractivity contribution in [2.75, 3.05) is 13.2 Å². The quantitative estimate of drug-likeness (QED) is 0.0350. The zero-order chi connectivity index (χ0) is 39.7. The normalized spacial score (nSPS) is 12.6. The van der Waals surface area contributed by atoms with E-state index in [4.69, 9.17) is 14.2 Å². The molecule has 0 saturated carbocycles. The van der Waals surface area contributed by atoms with Crippen LogP contribution >= 0.6 is 0 Å². The van der Waals surface area contributed by atoms with Gasteiger partial charge in [-0.3, -0.25) is 14.4 Å². The van der Waals surface area contributed by atoms with E-state index in [9.17, 15) is 14.4 Å². The van der Waals surface area contributed by atoms with Crippen molar-refractivity contribution in [1.29, 1.82) is 0 Å². The maximum atomic E-state index is 12.7. The largest absolute Gasteiger partial charge is 0.462 e.